The highest BCUT2D eigenvalue weighted by molar-refractivity contribution is 6.25. The molecule has 0 fully saturated rings. The Morgan fingerprint density at radius 1 is 0.250 bits per heavy atom. The van der Waals surface area contributed by atoms with Crippen LogP contribution in [0, 0.1) is 0 Å². The lowest BCUT2D eigenvalue weighted by molar-refractivity contribution is 0.664. The van der Waals surface area contributed by atoms with E-state index in [1.807, 2.05) is 48.5 Å². The van der Waals surface area contributed by atoms with Gasteiger partial charge < -0.3 is 17.7 Å². The van der Waals surface area contributed by atoms with Gasteiger partial charge in [0.15, 0.2) is 0 Å². The predicted octanol–water partition coefficient (Wildman–Crippen LogP) is 14.3. The summed E-state index contributed by atoms with van der Waals surface area (Å²) in [4.78, 5) is 0. The van der Waals surface area contributed by atoms with Gasteiger partial charge >= 0.3 is 0 Å². The second-order valence-corrected chi connectivity index (χ2v) is 13.6. The average Bonchev–Trinajstić information content (AvgIpc) is 3.96. The zero-order valence-electron chi connectivity index (χ0n) is 27.6. The average molecular weight is 667 g/mol. The molecule has 0 bridgehead atoms. The zero-order valence-corrected chi connectivity index (χ0v) is 27.6. The summed E-state index contributed by atoms with van der Waals surface area (Å²) in [6.45, 7) is 0. The van der Waals surface area contributed by atoms with Crippen LogP contribution in [-0.4, -0.2) is 0 Å². The molecule has 0 saturated carbocycles. The van der Waals surface area contributed by atoms with Gasteiger partial charge in [-0.25, -0.2) is 0 Å². The molecule has 242 valence electrons. The van der Waals surface area contributed by atoms with Gasteiger partial charge in [0.25, 0.3) is 0 Å². The third-order valence-corrected chi connectivity index (χ3v) is 10.7. The molecular weight excluding hydrogens is 641 g/mol. The highest BCUT2D eigenvalue weighted by Crippen LogP contribution is 2.47. The Kier molecular flexibility index (Phi) is 5.47. The minimum atomic E-state index is 0.845. The molecule has 0 spiro atoms. The lowest BCUT2D eigenvalue weighted by Crippen LogP contribution is -1.86. The largest absolute Gasteiger partial charge is 0.456 e. The fourth-order valence-corrected chi connectivity index (χ4v) is 8.39. The molecule has 0 aliphatic rings. The van der Waals surface area contributed by atoms with Gasteiger partial charge in [-0.05, 0) is 70.8 Å². The molecule has 0 amide bonds. The summed E-state index contributed by atoms with van der Waals surface area (Å²) >= 11 is 0. The van der Waals surface area contributed by atoms with Gasteiger partial charge in [0.2, 0.25) is 0 Å². The standard InChI is InChI=1S/C48H26O4/c1-5-19-37-31(15-1)35-25-41-45(33-17-3-7-21-39(33)49-41)43(47(35)51-37)29-13-9-11-27(23-29)28-12-10-14-30(24-28)44-46-34-18-4-8-22-40(34)50-42(46)26-36-32-16-2-6-20-38(32)52-48(36)44/h1-26H. The maximum absolute atomic E-state index is 6.66. The quantitative estimate of drug-likeness (QED) is 0.188. The van der Waals surface area contributed by atoms with Crippen molar-refractivity contribution in [3.63, 3.8) is 0 Å². The monoisotopic (exact) mass is 666 g/mol. The van der Waals surface area contributed by atoms with Crippen molar-refractivity contribution in [2.45, 2.75) is 0 Å². The highest BCUT2D eigenvalue weighted by Gasteiger charge is 2.23. The van der Waals surface area contributed by atoms with Crippen LogP contribution in [0.25, 0.3) is 121 Å². The van der Waals surface area contributed by atoms with E-state index in [-0.39, 0.29) is 0 Å². The van der Waals surface area contributed by atoms with Gasteiger partial charge in [-0.15, -0.1) is 0 Å². The van der Waals surface area contributed by atoms with Gasteiger partial charge in [0.05, 0.1) is 0 Å². The minimum absolute atomic E-state index is 0.845. The van der Waals surface area contributed by atoms with Crippen molar-refractivity contribution in [1.82, 2.24) is 0 Å². The summed E-state index contributed by atoms with van der Waals surface area (Å²) in [6.07, 6.45) is 0. The molecule has 0 unspecified atom stereocenters. The molecule has 0 saturated heterocycles. The van der Waals surface area contributed by atoms with E-state index in [1.54, 1.807) is 0 Å². The summed E-state index contributed by atoms with van der Waals surface area (Å²) < 4.78 is 26.3. The third-order valence-electron chi connectivity index (χ3n) is 10.7. The summed E-state index contributed by atoms with van der Waals surface area (Å²) in [5.74, 6) is 0. The summed E-state index contributed by atoms with van der Waals surface area (Å²) in [5, 5.41) is 8.47. The molecule has 4 heterocycles. The fourth-order valence-electron chi connectivity index (χ4n) is 8.39. The molecule has 0 radical (unpaired) electrons. The van der Waals surface area contributed by atoms with Crippen LogP contribution in [0.15, 0.2) is 175 Å². The van der Waals surface area contributed by atoms with Crippen LogP contribution in [0.1, 0.15) is 0 Å². The third kappa shape index (κ3) is 3.81. The molecule has 0 atom stereocenters. The molecule has 4 aromatic heterocycles. The van der Waals surface area contributed by atoms with Crippen LogP contribution >= 0.6 is 0 Å². The summed E-state index contributed by atoms with van der Waals surface area (Å²) in [7, 11) is 0. The lowest BCUT2D eigenvalue weighted by Gasteiger charge is -2.11. The molecule has 12 aromatic rings. The Morgan fingerprint density at radius 2 is 0.615 bits per heavy atom. The zero-order chi connectivity index (χ0) is 33.9. The van der Waals surface area contributed by atoms with Crippen molar-refractivity contribution in [2.24, 2.45) is 0 Å². The molecule has 52 heavy (non-hydrogen) atoms. The minimum Gasteiger partial charge on any atom is -0.456 e. The molecule has 0 N–H and O–H groups in total. The van der Waals surface area contributed by atoms with Gasteiger partial charge in [0.1, 0.15) is 44.7 Å². The Balaban J connectivity index is 1.11. The summed E-state index contributed by atoms with van der Waals surface area (Å²) in [5.41, 5.74) is 13.2. The van der Waals surface area contributed by atoms with Crippen molar-refractivity contribution in [1.29, 1.82) is 0 Å². The molecule has 8 aromatic carbocycles. The van der Waals surface area contributed by atoms with Gasteiger partial charge in [-0.3, -0.25) is 0 Å². The van der Waals surface area contributed by atoms with E-state index in [1.165, 1.54) is 0 Å². The normalized spacial score (nSPS) is 12.2. The van der Waals surface area contributed by atoms with Gasteiger partial charge in [-0.1, -0.05) is 109 Å². The summed E-state index contributed by atoms with van der Waals surface area (Å²) in [6, 6.07) is 54.7. The number of hydrogen-bond acceptors (Lipinski definition) is 4. The van der Waals surface area contributed by atoms with E-state index in [4.69, 9.17) is 17.7 Å². The Bertz CT molecular complexity index is 3180. The first-order valence-electron chi connectivity index (χ1n) is 17.5. The first-order valence-corrected chi connectivity index (χ1v) is 17.5. The molecule has 4 heteroatoms. The number of furan rings is 4. The van der Waals surface area contributed by atoms with Gasteiger partial charge in [-0.2, -0.15) is 0 Å². The topological polar surface area (TPSA) is 52.6 Å². The van der Waals surface area contributed by atoms with Crippen LogP contribution in [0.3, 0.4) is 0 Å². The van der Waals surface area contributed by atoms with Crippen LogP contribution < -0.4 is 0 Å². The number of rotatable bonds is 3. The SMILES string of the molecule is c1cc(-c2cccc(-c3c4oc5ccccc5c4cc4oc5ccccc5c34)c2)cc(-c2c3oc4ccccc4c3cc3oc4ccccc4c23)c1. The van der Waals surface area contributed by atoms with Crippen molar-refractivity contribution in [3.05, 3.63) is 158 Å². The Morgan fingerprint density at radius 3 is 1.06 bits per heavy atom. The van der Waals surface area contributed by atoms with Crippen molar-refractivity contribution < 1.29 is 17.7 Å². The van der Waals surface area contributed by atoms with Crippen molar-refractivity contribution in [2.75, 3.05) is 0 Å². The predicted molar refractivity (Wildman–Crippen MR) is 212 cm³/mol. The second kappa shape index (κ2) is 10.3. The first-order chi connectivity index (χ1) is 25.8. The first kappa shape index (κ1) is 27.7. The van der Waals surface area contributed by atoms with Crippen LogP contribution in [0.4, 0.5) is 0 Å². The number of fused-ring (bicyclic) bond motifs is 12. The van der Waals surface area contributed by atoms with Crippen molar-refractivity contribution in [3.8, 4) is 33.4 Å². The van der Waals surface area contributed by atoms with Crippen LogP contribution in [0.5, 0.6) is 0 Å². The Labute approximate surface area is 295 Å². The number of para-hydroxylation sites is 4. The van der Waals surface area contributed by atoms with E-state index in [0.29, 0.717) is 0 Å². The fraction of sp³-hybridized carbons (Fsp3) is 0. The Hall–Kier alpha value is -7.04. The van der Waals surface area contributed by atoms with Crippen LogP contribution in [-0.2, 0) is 0 Å². The van der Waals surface area contributed by atoms with E-state index in [2.05, 4.69) is 109 Å². The number of benzene rings is 8. The molecule has 0 aliphatic heterocycles. The maximum atomic E-state index is 6.66. The maximum Gasteiger partial charge on any atom is 0.144 e. The second-order valence-electron chi connectivity index (χ2n) is 13.6. The van der Waals surface area contributed by atoms with Gasteiger partial charge in [0, 0.05) is 54.2 Å². The smallest absolute Gasteiger partial charge is 0.144 e. The van der Waals surface area contributed by atoms with Crippen molar-refractivity contribution >= 4 is 87.8 Å². The van der Waals surface area contributed by atoms with E-state index in [9.17, 15) is 0 Å². The number of hydrogen-bond donors (Lipinski definition) is 0. The van der Waals surface area contributed by atoms with E-state index >= 15 is 0 Å². The molecule has 4 nitrogen and oxygen atoms in total. The van der Waals surface area contributed by atoms with E-state index < -0.39 is 0 Å². The molecular formula is C48H26O4. The molecule has 0 aliphatic carbocycles. The molecule has 12 rings (SSSR count). The van der Waals surface area contributed by atoms with Crippen LogP contribution in [0.2, 0.25) is 0 Å². The van der Waals surface area contributed by atoms with E-state index in [0.717, 1.165) is 121 Å². The highest BCUT2D eigenvalue weighted by atomic mass is 16.3. The lowest BCUT2D eigenvalue weighted by atomic mass is 9.92.